The third kappa shape index (κ3) is 1.78. The number of H-pyrrole nitrogens is 1. The van der Waals surface area contributed by atoms with E-state index < -0.39 is 0 Å². The summed E-state index contributed by atoms with van der Waals surface area (Å²) in [5, 5.41) is 0. The number of hydrogen-bond donors (Lipinski definition) is 1. The normalized spacial score (nSPS) is 11.0. The van der Waals surface area contributed by atoms with Crippen LogP contribution in [0, 0.1) is 0 Å². The summed E-state index contributed by atoms with van der Waals surface area (Å²) in [7, 11) is 0. The minimum absolute atomic E-state index is 0.803. The lowest BCUT2D eigenvalue weighted by Crippen LogP contribution is -1.79. The number of nitrogens with one attached hydrogen (secondary N) is 1. The monoisotopic (exact) mass is 261 g/mol. The van der Waals surface area contributed by atoms with E-state index in [0.717, 1.165) is 33.7 Å². The summed E-state index contributed by atoms with van der Waals surface area (Å²) in [5.41, 5.74) is 4.85. The number of benzene rings is 1. The van der Waals surface area contributed by atoms with Gasteiger partial charge in [0.2, 0.25) is 0 Å². The van der Waals surface area contributed by atoms with E-state index in [1.165, 1.54) is 0 Å². The molecule has 0 bridgehead atoms. The largest absolute Gasteiger partial charge is 0.464 e. The molecule has 0 saturated carbocycles. The summed E-state index contributed by atoms with van der Waals surface area (Å²) >= 11 is 0. The molecule has 0 aliphatic rings. The Labute approximate surface area is 115 Å². The Morgan fingerprint density at radius 1 is 0.900 bits per heavy atom. The zero-order valence-electron chi connectivity index (χ0n) is 10.6. The maximum atomic E-state index is 5.39. The minimum atomic E-state index is 0.803. The Kier molecular flexibility index (Phi) is 2.39. The average Bonchev–Trinajstić information content (AvgIpc) is 3.17. The summed E-state index contributed by atoms with van der Waals surface area (Å²) in [4.78, 5) is 11.8. The summed E-state index contributed by atoms with van der Waals surface area (Å²) in [6, 6.07) is 14.0. The Hall–Kier alpha value is -2.88. The molecule has 4 nitrogen and oxygen atoms in total. The third-order valence-electron chi connectivity index (χ3n) is 3.26. The van der Waals surface area contributed by atoms with Crippen molar-refractivity contribution in [2.75, 3.05) is 0 Å². The van der Waals surface area contributed by atoms with E-state index in [2.05, 4.69) is 27.1 Å². The van der Waals surface area contributed by atoms with Crippen LogP contribution in [0.15, 0.2) is 65.5 Å². The summed E-state index contributed by atoms with van der Waals surface area (Å²) < 4.78 is 5.39. The predicted molar refractivity (Wildman–Crippen MR) is 77.0 cm³/mol. The Morgan fingerprint density at radius 2 is 1.70 bits per heavy atom. The van der Waals surface area contributed by atoms with Gasteiger partial charge in [0, 0.05) is 23.7 Å². The van der Waals surface area contributed by atoms with E-state index in [4.69, 9.17) is 4.42 Å². The molecule has 0 spiro atoms. The quantitative estimate of drug-likeness (QED) is 0.595. The van der Waals surface area contributed by atoms with Gasteiger partial charge in [0.15, 0.2) is 5.65 Å². The van der Waals surface area contributed by atoms with Gasteiger partial charge in [-0.3, -0.25) is 4.98 Å². The molecule has 0 atom stereocenters. The lowest BCUT2D eigenvalue weighted by atomic mass is 10.1. The second kappa shape index (κ2) is 4.35. The predicted octanol–water partition coefficient (Wildman–Crippen LogP) is 3.88. The first-order chi connectivity index (χ1) is 9.90. The van der Waals surface area contributed by atoms with E-state index in [-0.39, 0.29) is 0 Å². The van der Waals surface area contributed by atoms with Crippen molar-refractivity contribution in [3.63, 3.8) is 0 Å². The molecule has 0 aliphatic heterocycles. The van der Waals surface area contributed by atoms with Gasteiger partial charge in [-0.25, -0.2) is 4.98 Å². The van der Waals surface area contributed by atoms with Gasteiger partial charge in [0.25, 0.3) is 0 Å². The van der Waals surface area contributed by atoms with Crippen LogP contribution in [0.2, 0.25) is 0 Å². The summed E-state index contributed by atoms with van der Waals surface area (Å²) in [6.45, 7) is 0. The first kappa shape index (κ1) is 11.0. The zero-order valence-corrected chi connectivity index (χ0v) is 10.6. The molecular weight excluding hydrogens is 250 g/mol. The molecule has 4 heteroatoms. The molecule has 0 amide bonds. The molecule has 3 aromatic heterocycles. The van der Waals surface area contributed by atoms with Crippen molar-refractivity contribution in [1.82, 2.24) is 15.0 Å². The number of rotatable bonds is 2. The van der Waals surface area contributed by atoms with Crippen molar-refractivity contribution in [1.29, 1.82) is 0 Å². The SMILES string of the molecule is c1coc(-c2ccc(-c3cc4nccnc4[nH]3)cc2)c1. The van der Waals surface area contributed by atoms with Crippen LogP contribution >= 0.6 is 0 Å². The van der Waals surface area contributed by atoms with Crippen LogP contribution in [0.1, 0.15) is 0 Å². The second-order valence-electron chi connectivity index (χ2n) is 4.53. The van der Waals surface area contributed by atoms with Crippen molar-refractivity contribution < 1.29 is 4.42 Å². The van der Waals surface area contributed by atoms with Crippen LogP contribution in [-0.4, -0.2) is 15.0 Å². The molecular formula is C16H11N3O. The number of aromatic amines is 1. The van der Waals surface area contributed by atoms with Crippen LogP contribution in [0.3, 0.4) is 0 Å². The second-order valence-corrected chi connectivity index (χ2v) is 4.53. The number of aromatic nitrogens is 3. The first-order valence-corrected chi connectivity index (χ1v) is 6.34. The van der Waals surface area contributed by atoms with E-state index in [1.807, 2.05) is 30.3 Å². The maximum absolute atomic E-state index is 5.39. The van der Waals surface area contributed by atoms with Crippen LogP contribution in [0.25, 0.3) is 33.7 Å². The highest BCUT2D eigenvalue weighted by Crippen LogP contribution is 2.26. The number of fused-ring (bicyclic) bond motifs is 1. The highest BCUT2D eigenvalue weighted by atomic mass is 16.3. The minimum Gasteiger partial charge on any atom is -0.464 e. The highest BCUT2D eigenvalue weighted by Gasteiger charge is 2.06. The lowest BCUT2D eigenvalue weighted by molar-refractivity contribution is 0.582. The fourth-order valence-electron chi connectivity index (χ4n) is 2.26. The van der Waals surface area contributed by atoms with Crippen molar-refractivity contribution >= 4 is 11.2 Å². The van der Waals surface area contributed by atoms with Crippen molar-refractivity contribution in [3.05, 3.63) is 61.1 Å². The van der Waals surface area contributed by atoms with Gasteiger partial charge < -0.3 is 9.40 Å². The van der Waals surface area contributed by atoms with E-state index >= 15 is 0 Å². The zero-order chi connectivity index (χ0) is 13.4. The smallest absolute Gasteiger partial charge is 0.156 e. The maximum Gasteiger partial charge on any atom is 0.156 e. The van der Waals surface area contributed by atoms with Gasteiger partial charge in [-0.1, -0.05) is 24.3 Å². The summed E-state index contributed by atoms with van der Waals surface area (Å²) in [5.74, 6) is 0.872. The van der Waals surface area contributed by atoms with Crippen molar-refractivity contribution in [2.45, 2.75) is 0 Å². The van der Waals surface area contributed by atoms with Gasteiger partial charge in [-0.05, 0) is 23.8 Å². The van der Waals surface area contributed by atoms with Crippen molar-refractivity contribution in [3.8, 4) is 22.6 Å². The van der Waals surface area contributed by atoms with Gasteiger partial charge >= 0.3 is 0 Å². The molecule has 4 aromatic rings. The molecule has 0 radical (unpaired) electrons. The Morgan fingerprint density at radius 3 is 2.45 bits per heavy atom. The van der Waals surface area contributed by atoms with Crippen molar-refractivity contribution in [2.24, 2.45) is 0 Å². The fourth-order valence-corrected chi connectivity index (χ4v) is 2.26. The van der Waals surface area contributed by atoms with Crippen LogP contribution in [0.4, 0.5) is 0 Å². The van der Waals surface area contributed by atoms with Gasteiger partial charge in [-0.2, -0.15) is 0 Å². The molecule has 0 aliphatic carbocycles. The van der Waals surface area contributed by atoms with Gasteiger partial charge in [-0.15, -0.1) is 0 Å². The van der Waals surface area contributed by atoms with Crippen LogP contribution < -0.4 is 0 Å². The van der Waals surface area contributed by atoms with E-state index in [9.17, 15) is 0 Å². The molecule has 1 N–H and O–H groups in total. The standard InChI is InChI=1S/C16H11N3O/c1-2-15(20-9-1)12-5-3-11(4-6-12)13-10-14-16(19-13)18-8-7-17-14/h1-10H,(H,18,19). The fraction of sp³-hybridized carbons (Fsp3) is 0. The highest BCUT2D eigenvalue weighted by molar-refractivity contribution is 5.79. The van der Waals surface area contributed by atoms with Crippen LogP contribution in [-0.2, 0) is 0 Å². The first-order valence-electron chi connectivity index (χ1n) is 6.34. The van der Waals surface area contributed by atoms with Gasteiger partial charge in [0.05, 0.1) is 6.26 Å². The molecule has 0 saturated heterocycles. The number of hydrogen-bond acceptors (Lipinski definition) is 3. The van der Waals surface area contributed by atoms with Gasteiger partial charge in [0.1, 0.15) is 11.3 Å². The molecule has 4 rings (SSSR count). The molecule has 20 heavy (non-hydrogen) atoms. The molecule has 96 valence electrons. The summed E-state index contributed by atoms with van der Waals surface area (Å²) in [6.07, 6.45) is 5.06. The molecule has 3 heterocycles. The topological polar surface area (TPSA) is 54.7 Å². The average molecular weight is 261 g/mol. The number of furan rings is 1. The number of nitrogens with zero attached hydrogens (tertiary/aromatic N) is 2. The Bertz CT molecular complexity index is 812. The lowest BCUT2D eigenvalue weighted by Gasteiger charge is -2.00. The van der Waals surface area contributed by atoms with E-state index in [0.29, 0.717) is 0 Å². The molecule has 0 fully saturated rings. The van der Waals surface area contributed by atoms with Crippen LogP contribution in [0.5, 0.6) is 0 Å². The molecule has 1 aromatic carbocycles. The third-order valence-corrected chi connectivity index (χ3v) is 3.26. The Balaban J connectivity index is 1.75. The van der Waals surface area contributed by atoms with E-state index in [1.54, 1.807) is 18.7 Å². The molecule has 0 unspecified atom stereocenters.